The lowest BCUT2D eigenvalue weighted by atomic mass is 9.75. The molecule has 0 radical (unpaired) electrons. The van der Waals surface area contributed by atoms with Crippen molar-refractivity contribution >= 4 is 33.0 Å². The van der Waals surface area contributed by atoms with Gasteiger partial charge in [-0.15, -0.1) is 0 Å². The van der Waals surface area contributed by atoms with E-state index in [2.05, 4.69) is 115 Å². The molecular formula is C34H47NO4Si2. The van der Waals surface area contributed by atoms with Gasteiger partial charge in [-0.1, -0.05) is 102 Å². The van der Waals surface area contributed by atoms with Crippen molar-refractivity contribution in [2.45, 2.75) is 78.1 Å². The third-order valence-corrected chi connectivity index (χ3v) is 19.2. The van der Waals surface area contributed by atoms with Crippen LogP contribution in [0, 0.1) is 34.5 Å². The van der Waals surface area contributed by atoms with Crippen molar-refractivity contribution in [2.24, 2.45) is 23.2 Å². The molecule has 1 fully saturated rings. The predicted octanol–water partition coefficient (Wildman–Crippen LogP) is 6.81. The minimum atomic E-state index is -2.80. The highest BCUT2D eigenvalue weighted by molar-refractivity contribution is 6.99. The zero-order chi connectivity index (χ0) is 30.3. The molecule has 2 aliphatic carbocycles. The highest BCUT2D eigenvalue weighted by Crippen LogP contribution is 2.61. The van der Waals surface area contributed by atoms with Gasteiger partial charge in [0.2, 0.25) is 8.32 Å². The topological polar surface area (TPSA) is 68.5 Å². The van der Waals surface area contributed by atoms with Crippen molar-refractivity contribution in [3.05, 3.63) is 72.5 Å². The molecule has 4 atom stereocenters. The van der Waals surface area contributed by atoms with Crippen molar-refractivity contribution < 1.29 is 18.4 Å². The second-order valence-corrected chi connectivity index (χ2v) is 23.4. The largest absolute Gasteiger partial charge is 0.547 e. The first-order valence-corrected chi connectivity index (χ1v) is 19.6. The van der Waals surface area contributed by atoms with Gasteiger partial charge in [0.15, 0.2) is 0 Å². The van der Waals surface area contributed by atoms with Gasteiger partial charge in [-0.25, -0.2) is 0 Å². The third-order valence-electron chi connectivity index (χ3n) is 9.85. The Morgan fingerprint density at radius 1 is 0.951 bits per heavy atom. The summed E-state index contributed by atoms with van der Waals surface area (Å²) in [6.07, 6.45) is 2.84. The fraction of sp³-hybridized carbons (Fsp3) is 0.529. The summed E-state index contributed by atoms with van der Waals surface area (Å²) in [5.74, 6) is 0.367. The van der Waals surface area contributed by atoms with Crippen molar-refractivity contribution in [2.75, 3.05) is 13.2 Å². The van der Waals surface area contributed by atoms with Crippen LogP contribution in [0.2, 0.25) is 23.2 Å². The molecule has 41 heavy (non-hydrogen) atoms. The predicted molar refractivity (Wildman–Crippen MR) is 170 cm³/mol. The average molecular weight is 590 g/mol. The molecule has 1 saturated carbocycles. The van der Waals surface area contributed by atoms with E-state index in [4.69, 9.17) is 13.6 Å². The standard InChI is InChI=1S/C34H47NO4Si2/c1-25(36)37-24-34-21-31(39-40(8,9)32(2,3)4)29(20-26(34)22-35)30(34)23-38-41(33(5,6)7,27-16-12-10-13-17-27)28-18-14-11-15-19-28/h10-19,21,26,29-30H,20,23-24H2,1-9H3. The molecule has 2 bridgehead atoms. The summed E-state index contributed by atoms with van der Waals surface area (Å²) in [5.41, 5.74) is -0.645. The number of hydrogen-bond donors (Lipinski definition) is 0. The van der Waals surface area contributed by atoms with Gasteiger partial charge >= 0.3 is 5.97 Å². The molecular weight excluding hydrogens is 543 g/mol. The second kappa shape index (κ2) is 11.2. The van der Waals surface area contributed by atoms with E-state index in [1.807, 2.05) is 12.1 Å². The first-order chi connectivity index (χ1) is 19.1. The number of ether oxygens (including phenoxy) is 1. The minimum Gasteiger partial charge on any atom is -0.547 e. The number of allylic oxidation sites excluding steroid dienone is 1. The number of carbonyl (C=O) groups is 1. The van der Waals surface area contributed by atoms with Crippen LogP contribution in [-0.2, 0) is 18.4 Å². The Balaban J connectivity index is 1.80. The Morgan fingerprint density at radius 3 is 1.93 bits per heavy atom. The quantitative estimate of drug-likeness (QED) is 0.237. The van der Waals surface area contributed by atoms with Crippen molar-refractivity contribution in [1.29, 1.82) is 5.26 Å². The number of rotatable bonds is 9. The van der Waals surface area contributed by atoms with Gasteiger partial charge in [0, 0.05) is 30.8 Å². The zero-order valence-electron chi connectivity index (χ0n) is 26.3. The smallest absolute Gasteiger partial charge is 0.302 e. The van der Waals surface area contributed by atoms with E-state index in [1.165, 1.54) is 17.3 Å². The maximum absolute atomic E-state index is 12.1. The normalized spacial score (nSPS) is 24.5. The van der Waals surface area contributed by atoms with Crippen LogP contribution in [0.3, 0.4) is 0 Å². The number of benzene rings is 2. The molecule has 7 heteroatoms. The lowest BCUT2D eigenvalue weighted by Crippen LogP contribution is -2.67. The molecule has 0 heterocycles. The van der Waals surface area contributed by atoms with Crippen LogP contribution in [0.25, 0.3) is 0 Å². The number of nitrogens with zero attached hydrogens (tertiary/aromatic N) is 1. The number of fused-ring (bicyclic) bond motifs is 2. The fourth-order valence-corrected chi connectivity index (χ4v) is 12.3. The fourth-order valence-electron chi connectivity index (χ4n) is 6.61. The Labute approximate surface area is 249 Å². The summed E-state index contributed by atoms with van der Waals surface area (Å²) in [7, 11) is -4.94. The average Bonchev–Trinajstić information content (AvgIpc) is 3.35. The van der Waals surface area contributed by atoms with Crippen molar-refractivity contribution in [3.63, 3.8) is 0 Å². The van der Waals surface area contributed by atoms with Gasteiger partial charge in [-0.05, 0) is 46.0 Å². The second-order valence-electron chi connectivity index (χ2n) is 14.4. The minimum absolute atomic E-state index is 0.0343. The van der Waals surface area contributed by atoms with Gasteiger partial charge in [-0.3, -0.25) is 4.79 Å². The van der Waals surface area contributed by atoms with Crippen molar-refractivity contribution in [3.8, 4) is 6.07 Å². The number of esters is 1. The first-order valence-electron chi connectivity index (χ1n) is 14.8. The number of hydrogen-bond acceptors (Lipinski definition) is 5. The lowest BCUT2D eigenvalue weighted by Gasteiger charge is -2.44. The van der Waals surface area contributed by atoms with Crippen LogP contribution in [-0.4, -0.2) is 35.8 Å². The van der Waals surface area contributed by atoms with E-state index >= 15 is 0 Å². The molecule has 220 valence electrons. The Morgan fingerprint density at radius 2 is 1.49 bits per heavy atom. The Bertz CT molecular complexity index is 1260. The third kappa shape index (κ3) is 5.59. The maximum atomic E-state index is 12.1. The van der Waals surface area contributed by atoms with Crippen LogP contribution in [0.5, 0.6) is 0 Å². The van der Waals surface area contributed by atoms with Crippen LogP contribution in [0.15, 0.2) is 72.5 Å². The molecule has 0 aliphatic heterocycles. The molecule has 4 rings (SSSR count). The Kier molecular flexibility index (Phi) is 8.54. The first kappa shape index (κ1) is 31.3. The van der Waals surface area contributed by atoms with Crippen molar-refractivity contribution in [1.82, 2.24) is 0 Å². The van der Waals surface area contributed by atoms with Gasteiger partial charge in [0.1, 0.15) is 6.61 Å². The highest BCUT2D eigenvalue weighted by atomic mass is 28.4. The summed E-state index contributed by atoms with van der Waals surface area (Å²) in [6.45, 7) is 20.1. The number of nitriles is 1. The van der Waals surface area contributed by atoms with E-state index in [9.17, 15) is 10.1 Å². The van der Waals surface area contributed by atoms with Crippen LogP contribution < -0.4 is 10.4 Å². The molecule has 2 aromatic carbocycles. The van der Waals surface area contributed by atoms with E-state index < -0.39 is 22.0 Å². The van der Waals surface area contributed by atoms with E-state index in [0.717, 1.165) is 5.76 Å². The van der Waals surface area contributed by atoms with Gasteiger partial charge in [-0.2, -0.15) is 5.26 Å². The monoisotopic (exact) mass is 589 g/mol. The Hall–Kier alpha value is -2.67. The highest BCUT2D eigenvalue weighted by Gasteiger charge is 2.63. The summed E-state index contributed by atoms with van der Waals surface area (Å²) < 4.78 is 20.0. The summed E-state index contributed by atoms with van der Waals surface area (Å²) >= 11 is 0. The van der Waals surface area contributed by atoms with E-state index in [-0.39, 0.29) is 40.4 Å². The van der Waals surface area contributed by atoms with E-state index in [1.54, 1.807) is 0 Å². The van der Waals surface area contributed by atoms with Gasteiger partial charge < -0.3 is 13.6 Å². The molecule has 5 nitrogen and oxygen atoms in total. The maximum Gasteiger partial charge on any atom is 0.302 e. The molecule has 2 aliphatic rings. The van der Waals surface area contributed by atoms with Crippen LogP contribution in [0.1, 0.15) is 54.9 Å². The summed E-state index contributed by atoms with van der Waals surface area (Å²) in [5, 5.41) is 12.6. The van der Waals surface area contributed by atoms with Crippen LogP contribution >= 0.6 is 0 Å². The molecule has 2 aromatic rings. The molecule has 0 N–H and O–H groups in total. The lowest BCUT2D eigenvalue weighted by molar-refractivity contribution is -0.145. The van der Waals surface area contributed by atoms with Crippen LogP contribution in [0.4, 0.5) is 0 Å². The molecule has 0 amide bonds. The zero-order valence-corrected chi connectivity index (χ0v) is 28.3. The molecule has 4 unspecified atom stereocenters. The summed E-state index contributed by atoms with van der Waals surface area (Å²) in [6, 6.07) is 23.8. The van der Waals surface area contributed by atoms with Gasteiger partial charge in [0.05, 0.1) is 17.7 Å². The molecule has 0 spiro atoms. The van der Waals surface area contributed by atoms with E-state index in [0.29, 0.717) is 13.0 Å². The number of carbonyl (C=O) groups excluding carboxylic acids is 1. The molecule has 0 saturated heterocycles. The summed E-state index contributed by atoms with van der Waals surface area (Å²) in [4.78, 5) is 12.1. The molecule has 0 aromatic heterocycles. The SMILES string of the molecule is CC(=O)OCC12C=C(O[Si](C)(C)C(C)(C)C)C(CC1C#N)C2CO[Si](c1ccccc1)(c1ccccc1)C(C)(C)C. The van der Waals surface area contributed by atoms with Gasteiger partial charge in [0.25, 0.3) is 8.32 Å².